The highest BCUT2D eigenvalue weighted by atomic mass is 16.1. The number of anilines is 1. The maximum atomic E-state index is 14.0. The van der Waals surface area contributed by atoms with Gasteiger partial charge in [0, 0.05) is 5.69 Å². The lowest BCUT2D eigenvalue weighted by Gasteiger charge is -2.20. The summed E-state index contributed by atoms with van der Waals surface area (Å²) in [4.78, 5) is 22.6. The molecule has 3 heterocycles. The minimum Gasteiger partial charge on any atom is -0.383 e. The molecule has 0 radical (unpaired) electrons. The van der Waals surface area contributed by atoms with Crippen LogP contribution in [0.5, 0.6) is 0 Å². The Hall–Kier alpha value is -4.00. The molecule has 0 amide bonds. The first-order valence-corrected chi connectivity index (χ1v) is 11.6. The van der Waals surface area contributed by atoms with Crippen LogP contribution in [0.2, 0.25) is 0 Å². The van der Waals surface area contributed by atoms with Crippen molar-refractivity contribution in [3.05, 3.63) is 87.7 Å². The molecule has 2 N–H and O–H groups in total. The van der Waals surface area contributed by atoms with Gasteiger partial charge in [-0.15, -0.1) is 0 Å². The molecule has 34 heavy (non-hydrogen) atoms. The van der Waals surface area contributed by atoms with E-state index in [4.69, 9.17) is 10.8 Å². The van der Waals surface area contributed by atoms with E-state index in [1.807, 2.05) is 59.5 Å². The van der Waals surface area contributed by atoms with Gasteiger partial charge in [-0.25, -0.2) is 14.6 Å². The highest BCUT2D eigenvalue weighted by Gasteiger charge is 2.19. The second-order valence-electron chi connectivity index (χ2n) is 8.94. The van der Waals surface area contributed by atoms with Crippen LogP contribution in [-0.2, 0) is 13.0 Å². The van der Waals surface area contributed by atoms with Crippen molar-refractivity contribution in [3.8, 4) is 5.69 Å². The molecular weight excluding hydrogens is 424 g/mol. The van der Waals surface area contributed by atoms with Gasteiger partial charge in [0.25, 0.3) is 5.56 Å². The molecule has 172 valence electrons. The first-order chi connectivity index (χ1) is 16.4. The maximum Gasteiger partial charge on any atom is 0.263 e. The minimum absolute atomic E-state index is 0.0278. The largest absolute Gasteiger partial charge is 0.383 e. The molecule has 0 aliphatic heterocycles. The number of fused-ring (bicyclic) bond motifs is 2. The predicted molar refractivity (Wildman–Crippen MR) is 137 cm³/mol. The van der Waals surface area contributed by atoms with Gasteiger partial charge in [0.2, 0.25) is 0 Å². The average molecular weight is 453 g/mol. The third-order valence-corrected chi connectivity index (χ3v) is 6.41. The molecule has 7 heteroatoms. The van der Waals surface area contributed by atoms with Gasteiger partial charge < -0.3 is 5.73 Å². The second-order valence-corrected chi connectivity index (χ2v) is 8.94. The lowest BCUT2D eigenvalue weighted by molar-refractivity contribution is 0.657. The fraction of sp³-hybridized carbons (Fsp3) is 0.259. The van der Waals surface area contributed by atoms with E-state index in [1.165, 1.54) is 6.33 Å². The van der Waals surface area contributed by atoms with E-state index in [0.717, 1.165) is 44.4 Å². The first kappa shape index (κ1) is 21.8. The summed E-state index contributed by atoms with van der Waals surface area (Å²) in [6.45, 7) is 8.68. The van der Waals surface area contributed by atoms with Gasteiger partial charge in [-0.2, -0.15) is 5.10 Å². The molecule has 0 unspecified atom stereocenters. The van der Waals surface area contributed by atoms with Crippen molar-refractivity contribution >= 4 is 27.6 Å². The van der Waals surface area contributed by atoms with Crippen LogP contribution in [0, 0.1) is 6.92 Å². The van der Waals surface area contributed by atoms with Crippen LogP contribution in [0.15, 0.2) is 59.7 Å². The van der Waals surface area contributed by atoms with Crippen molar-refractivity contribution in [2.45, 2.75) is 46.6 Å². The Morgan fingerprint density at radius 3 is 2.59 bits per heavy atom. The van der Waals surface area contributed by atoms with Gasteiger partial charge in [0.05, 0.1) is 28.7 Å². The predicted octanol–water partition coefficient (Wildman–Crippen LogP) is 4.76. The Balaban J connectivity index is 1.82. The summed E-state index contributed by atoms with van der Waals surface area (Å²) < 4.78 is 3.67. The van der Waals surface area contributed by atoms with E-state index in [0.29, 0.717) is 24.4 Å². The van der Waals surface area contributed by atoms with Gasteiger partial charge in [0.15, 0.2) is 5.65 Å². The Kier molecular flexibility index (Phi) is 5.40. The fourth-order valence-electron chi connectivity index (χ4n) is 4.77. The molecule has 0 aliphatic rings. The number of nitrogens with two attached hydrogens (primary N) is 1. The number of nitrogens with zero attached hydrogens (tertiary/aromatic N) is 5. The Labute approximate surface area is 197 Å². The molecule has 7 nitrogen and oxygen atoms in total. The molecule has 5 aromatic rings. The fourth-order valence-corrected chi connectivity index (χ4v) is 4.77. The summed E-state index contributed by atoms with van der Waals surface area (Å²) in [7, 11) is 0. The topological polar surface area (TPSA) is 91.6 Å². The monoisotopic (exact) mass is 452 g/mol. The zero-order valence-electron chi connectivity index (χ0n) is 19.9. The van der Waals surface area contributed by atoms with Crippen LogP contribution in [0.1, 0.15) is 49.2 Å². The summed E-state index contributed by atoms with van der Waals surface area (Å²) in [6, 6.07) is 16.1. The van der Waals surface area contributed by atoms with Gasteiger partial charge in [-0.05, 0) is 47.9 Å². The summed E-state index contributed by atoms with van der Waals surface area (Å²) in [6.07, 6.45) is 2.17. The Morgan fingerprint density at radius 2 is 1.82 bits per heavy atom. The highest BCUT2D eigenvalue weighted by Crippen LogP contribution is 2.27. The van der Waals surface area contributed by atoms with Crippen LogP contribution >= 0.6 is 0 Å². The summed E-state index contributed by atoms with van der Waals surface area (Å²) in [5, 5.41) is 7.23. The molecule has 3 aromatic heterocycles. The third kappa shape index (κ3) is 3.44. The molecule has 5 rings (SSSR count). The van der Waals surface area contributed by atoms with Crippen LogP contribution in [0.25, 0.3) is 27.5 Å². The quantitative estimate of drug-likeness (QED) is 0.415. The van der Waals surface area contributed by atoms with Gasteiger partial charge >= 0.3 is 0 Å². The molecule has 0 saturated carbocycles. The number of rotatable bonds is 5. The first-order valence-electron chi connectivity index (χ1n) is 11.6. The normalized spacial score (nSPS) is 11.7. The number of nitrogen functional groups attached to an aromatic ring is 1. The van der Waals surface area contributed by atoms with Crippen molar-refractivity contribution in [2.24, 2.45) is 0 Å². The number of benzene rings is 2. The second kappa shape index (κ2) is 8.41. The van der Waals surface area contributed by atoms with E-state index >= 15 is 0 Å². The van der Waals surface area contributed by atoms with Crippen molar-refractivity contribution in [1.82, 2.24) is 24.3 Å². The smallest absolute Gasteiger partial charge is 0.263 e. The van der Waals surface area contributed by atoms with E-state index < -0.39 is 0 Å². The number of aromatic nitrogens is 5. The standard InChI is InChI=1S/C27H28N6O/c1-5-21-24-25(28)29-15-30-26(24)32(31-21)14-19-13-18-10-8-9-17(4)23(18)27(34)33(19)22-12-7-6-11-20(22)16(2)3/h6-13,15-16H,5,14H2,1-4H3,(H2,28,29,30). The number of hydrogen-bond acceptors (Lipinski definition) is 5. The zero-order chi connectivity index (χ0) is 24.0. The molecule has 0 atom stereocenters. The van der Waals surface area contributed by atoms with Crippen molar-refractivity contribution in [1.29, 1.82) is 0 Å². The maximum absolute atomic E-state index is 14.0. The van der Waals surface area contributed by atoms with Crippen molar-refractivity contribution in [2.75, 3.05) is 5.73 Å². The van der Waals surface area contributed by atoms with Gasteiger partial charge in [0.1, 0.15) is 12.1 Å². The lowest BCUT2D eigenvalue weighted by Crippen LogP contribution is -2.25. The van der Waals surface area contributed by atoms with Crippen LogP contribution in [0.4, 0.5) is 5.82 Å². The highest BCUT2D eigenvalue weighted by molar-refractivity contribution is 5.88. The average Bonchev–Trinajstić information content (AvgIpc) is 3.18. The van der Waals surface area contributed by atoms with Crippen LogP contribution < -0.4 is 11.3 Å². The van der Waals surface area contributed by atoms with Gasteiger partial charge in [-0.1, -0.05) is 57.2 Å². The molecular formula is C27H28N6O. The Morgan fingerprint density at radius 1 is 1.03 bits per heavy atom. The number of aryl methyl sites for hydroxylation is 2. The molecule has 0 bridgehead atoms. The third-order valence-electron chi connectivity index (χ3n) is 6.41. The summed E-state index contributed by atoms with van der Waals surface area (Å²) >= 11 is 0. The van der Waals surface area contributed by atoms with E-state index in [9.17, 15) is 4.79 Å². The molecule has 0 fully saturated rings. The van der Waals surface area contributed by atoms with E-state index in [1.54, 1.807) is 0 Å². The molecule has 0 saturated heterocycles. The lowest BCUT2D eigenvalue weighted by atomic mass is 10.00. The number of hydrogen-bond donors (Lipinski definition) is 1. The number of pyridine rings is 1. The zero-order valence-corrected chi connectivity index (χ0v) is 19.9. The summed E-state index contributed by atoms with van der Waals surface area (Å²) in [5.41, 5.74) is 11.5. The van der Waals surface area contributed by atoms with E-state index in [2.05, 4.69) is 35.9 Å². The minimum atomic E-state index is -0.0278. The molecule has 0 spiro atoms. The van der Waals surface area contributed by atoms with Crippen LogP contribution in [0.3, 0.4) is 0 Å². The van der Waals surface area contributed by atoms with Gasteiger partial charge in [-0.3, -0.25) is 9.36 Å². The Bertz CT molecular complexity index is 1590. The molecule has 2 aromatic carbocycles. The van der Waals surface area contributed by atoms with E-state index in [-0.39, 0.29) is 11.5 Å². The van der Waals surface area contributed by atoms with Crippen LogP contribution in [-0.4, -0.2) is 24.3 Å². The van der Waals surface area contributed by atoms with Crippen molar-refractivity contribution in [3.63, 3.8) is 0 Å². The number of para-hydroxylation sites is 1. The SMILES string of the molecule is CCc1nn(Cc2cc3cccc(C)c3c(=O)n2-c2ccccc2C(C)C)c2ncnc(N)c12. The van der Waals surface area contributed by atoms with Crippen molar-refractivity contribution < 1.29 is 0 Å². The summed E-state index contributed by atoms with van der Waals surface area (Å²) in [5.74, 6) is 0.679. The molecule has 0 aliphatic carbocycles.